The minimum Gasteiger partial charge on any atom is -0.352 e. The highest BCUT2D eigenvalue weighted by molar-refractivity contribution is 6.67. The first-order valence-corrected chi connectivity index (χ1v) is 22.0. The Hall–Kier alpha value is -3.04. The van der Waals surface area contributed by atoms with Crippen molar-refractivity contribution in [3.05, 3.63) is 160 Å². The third-order valence-electron chi connectivity index (χ3n) is 9.91. The molecule has 0 unspecified atom stereocenters. The van der Waals surface area contributed by atoms with Crippen LogP contribution in [0.25, 0.3) is 86.7 Å². The topological polar surface area (TPSA) is 57.4 Å². The predicted octanol–water partition coefficient (Wildman–Crippen LogP) is 18.8. The summed E-state index contributed by atoms with van der Waals surface area (Å²) in [4.78, 5) is 17.3. The summed E-state index contributed by atoms with van der Waals surface area (Å²) in [5.74, 6) is 0. The fourth-order valence-corrected chi connectivity index (χ4v) is 9.51. The number of hydrogen-bond donors (Lipinski definition) is 2. The molecule has 2 aliphatic rings. The number of rotatable bonds is 4. The molecule has 0 spiro atoms. The van der Waals surface area contributed by atoms with E-state index < -0.39 is 0 Å². The van der Waals surface area contributed by atoms with Crippen LogP contribution in [-0.4, -0.2) is 19.9 Å². The summed E-state index contributed by atoms with van der Waals surface area (Å²) in [6.07, 6.45) is 0. The van der Waals surface area contributed by atoms with Crippen molar-refractivity contribution in [1.82, 2.24) is 19.9 Å². The van der Waals surface area contributed by atoms with Crippen molar-refractivity contribution in [3.63, 3.8) is 0 Å². The fraction of sp³-hybridized carbons (Fsp3) is 0. The molecule has 9 rings (SSSR count). The number of fused-ring (bicyclic) bond motifs is 8. The normalized spacial score (nSPS) is 12.9. The first-order valence-electron chi connectivity index (χ1n) is 17.4. The van der Waals surface area contributed by atoms with Crippen LogP contribution >= 0.6 is 139 Å². The van der Waals surface area contributed by atoms with Crippen molar-refractivity contribution in [2.45, 2.75) is 0 Å². The number of benzene rings is 4. The summed E-state index contributed by atoms with van der Waals surface area (Å²) in [5.41, 5.74) is 6.67. The molecule has 0 saturated heterocycles. The highest BCUT2D eigenvalue weighted by Gasteiger charge is 2.31. The first kappa shape index (κ1) is 42.3. The Morgan fingerprint density at radius 2 is 0.450 bits per heavy atom. The molecule has 2 N–H and O–H groups in total. The van der Waals surface area contributed by atoms with Crippen molar-refractivity contribution < 1.29 is 0 Å². The summed E-state index contributed by atoms with van der Waals surface area (Å²) in [5, 5.41) is 2.96. The van der Waals surface area contributed by atoms with Crippen LogP contribution in [0.15, 0.2) is 97.1 Å². The number of halogens is 12. The third-order valence-corrected chi connectivity index (χ3v) is 14.3. The molecule has 4 aromatic carbocycles. The third kappa shape index (κ3) is 7.21. The van der Waals surface area contributed by atoms with Crippen molar-refractivity contribution in [2.75, 3.05) is 0 Å². The number of H-pyrrole nitrogens is 2. The molecule has 0 radical (unpaired) electrons. The van der Waals surface area contributed by atoms with Gasteiger partial charge in [0.15, 0.2) is 0 Å². The zero-order chi connectivity index (χ0) is 42.3. The zero-order valence-electron chi connectivity index (χ0n) is 29.7. The maximum absolute atomic E-state index is 7.28. The fourth-order valence-electron chi connectivity index (χ4n) is 7.16. The molecule has 0 fully saturated rings. The number of nitrogens with zero attached hydrogens (tertiary/aromatic N) is 2. The largest absolute Gasteiger partial charge is 0.352 e. The number of nitrogens with one attached hydrogen (secondary N) is 2. The molecule has 8 bridgehead atoms. The van der Waals surface area contributed by atoms with E-state index in [-0.39, 0.29) is 63.0 Å². The van der Waals surface area contributed by atoms with Crippen LogP contribution in [0.1, 0.15) is 22.8 Å². The van der Waals surface area contributed by atoms with Crippen LogP contribution in [0.2, 0.25) is 40.2 Å². The molecule has 0 atom stereocenters. The standard InChI is InChI=1S/C44H18Cl12N4/c45-21-9-1-17(2-10-21)25-37-29(49)31(51)39(57-37)26(18-3-11-22(46)12-4-18)41-33(53)35(55)43(59-41)28(20-7-15-24(48)16-8-20)44-36(56)34(54)42(60-44)27(19-5-13-23(47)14-6-19)40-32(52)30(50)38(25)58-40/h1-16,57,60H. The maximum Gasteiger partial charge on any atom is 0.0939 e. The number of aromatic amines is 2. The molecule has 5 heterocycles. The van der Waals surface area contributed by atoms with Crippen molar-refractivity contribution in [1.29, 1.82) is 0 Å². The number of hydrogen-bond acceptors (Lipinski definition) is 2. The van der Waals surface area contributed by atoms with Crippen LogP contribution in [0, 0.1) is 0 Å². The Morgan fingerprint density at radius 3 is 0.633 bits per heavy atom. The van der Waals surface area contributed by atoms with Crippen LogP contribution in [0.4, 0.5) is 0 Å². The summed E-state index contributed by atoms with van der Waals surface area (Å²) in [6.45, 7) is 0. The molecular formula is C44H18Cl12N4. The van der Waals surface area contributed by atoms with E-state index in [4.69, 9.17) is 149 Å². The quantitative estimate of drug-likeness (QED) is 0.185. The SMILES string of the molecule is ClC1=C(Cl)c2nc1c(-c1ccc(Cl)cc1)c1[nH]c(c(Cl)c1Cl)c(-c1ccc(Cl)cc1)c1nc(c(-c3ccc(Cl)cc3)c3[nH]c(c(Cl)c3Cl)c2-c2ccc(Cl)cc2)C(Cl)=C1Cl. The van der Waals surface area contributed by atoms with Crippen LogP contribution in [0.3, 0.4) is 0 Å². The number of aromatic nitrogens is 4. The highest BCUT2D eigenvalue weighted by Crippen LogP contribution is 2.52. The second-order valence-electron chi connectivity index (χ2n) is 13.4. The van der Waals surface area contributed by atoms with Gasteiger partial charge in [0.05, 0.1) is 85.1 Å². The Kier molecular flexibility index (Phi) is 11.7. The average molecular weight is 1030 g/mol. The zero-order valence-corrected chi connectivity index (χ0v) is 38.7. The monoisotopic (exact) mass is 1020 g/mol. The van der Waals surface area contributed by atoms with E-state index in [9.17, 15) is 0 Å². The van der Waals surface area contributed by atoms with E-state index in [1.807, 2.05) is 0 Å². The van der Waals surface area contributed by atoms with Gasteiger partial charge in [-0.15, -0.1) is 0 Å². The first-order chi connectivity index (χ1) is 28.7. The van der Waals surface area contributed by atoms with Gasteiger partial charge in [-0.3, -0.25) is 0 Å². The van der Waals surface area contributed by atoms with Gasteiger partial charge >= 0.3 is 0 Å². The molecule has 0 amide bonds. The van der Waals surface area contributed by atoms with E-state index >= 15 is 0 Å². The molecule has 0 saturated carbocycles. The van der Waals surface area contributed by atoms with Crippen molar-refractivity contribution >= 4 is 181 Å². The van der Waals surface area contributed by atoms with Gasteiger partial charge in [-0.25, -0.2) is 9.97 Å². The van der Waals surface area contributed by atoms with Gasteiger partial charge in [0, 0.05) is 42.3 Å². The lowest BCUT2D eigenvalue weighted by Gasteiger charge is -2.08. The molecule has 0 aliphatic carbocycles. The Balaban J connectivity index is 1.62. The maximum atomic E-state index is 7.28. The lowest BCUT2D eigenvalue weighted by Crippen LogP contribution is -1.91. The van der Waals surface area contributed by atoms with Crippen LogP contribution < -0.4 is 0 Å². The molecule has 2 aliphatic heterocycles. The minimum absolute atomic E-state index is 0.108. The molecule has 7 aromatic rings. The van der Waals surface area contributed by atoms with Gasteiger partial charge in [-0.05, 0) is 70.8 Å². The van der Waals surface area contributed by atoms with Crippen LogP contribution in [0.5, 0.6) is 0 Å². The Bertz CT molecular complexity index is 2760. The van der Waals surface area contributed by atoms with Crippen LogP contribution in [-0.2, 0) is 0 Å². The van der Waals surface area contributed by atoms with E-state index in [2.05, 4.69) is 9.97 Å². The van der Waals surface area contributed by atoms with Crippen molar-refractivity contribution in [2.24, 2.45) is 0 Å². The molecule has 3 aromatic heterocycles. The molecule has 16 heteroatoms. The van der Waals surface area contributed by atoms with Gasteiger partial charge in [0.2, 0.25) is 0 Å². The van der Waals surface area contributed by atoms with Gasteiger partial charge in [-0.2, -0.15) is 0 Å². The average Bonchev–Trinajstić information content (AvgIpc) is 3.89. The molecule has 4 nitrogen and oxygen atoms in total. The Labute approximate surface area is 402 Å². The lowest BCUT2D eigenvalue weighted by molar-refractivity contribution is 1.30. The predicted molar refractivity (Wildman–Crippen MR) is 260 cm³/mol. The van der Waals surface area contributed by atoms with E-state index in [0.29, 0.717) is 86.7 Å². The summed E-state index contributed by atoms with van der Waals surface area (Å²) in [6, 6.07) is 28.2. The second kappa shape index (κ2) is 16.6. The molecular weight excluding hydrogens is 1010 g/mol. The van der Waals surface area contributed by atoms with Gasteiger partial charge in [0.25, 0.3) is 0 Å². The van der Waals surface area contributed by atoms with E-state index in [0.717, 1.165) is 0 Å². The van der Waals surface area contributed by atoms with E-state index in [1.54, 1.807) is 97.1 Å². The highest BCUT2D eigenvalue weighted by atomic mass is 35.5. The van der Waals surface area contributed by atoms with Crippen molar-refractivity contribution in [3.8, 4) is 44.5 Å². The summed E-state index contributed by atoms with van der Waals surface area (Å²) >= 11 is 83.8. The smallest absolute Gasteiger partial charge is 0.0939 e. The van der Waals surface area contributed by atoms with E-state index in [1.165, 1.54) is 0 Å². The molecule has 298 valence electrons. The lowest BCUT2D eigenvalue weighted by atomic mass is 10.0. The minimum atomic E-state index is 0.108. The van der Waals surface area contributed by atoms with Gasteiger partial charge < -0.3 is 9.97 Å². The molecule has 60 heavy (non-hydrogen) atoms. The summed E-state index contributed by atoms with van der Waals surface area (Å²) < 4.78 is 0. The van der Waals surface area contributed by atoms with Gasteiger partial charge in [-0.1, -0.05) is 188 Å². The van der Waals surface area contributed by atoms with Gasteiger partial charge in [0.1, 0.15) is 0 Å². The summed E-state index contributed by atoms with van der Waals surface area (Å²) in [7, 11) is 0. The second-order valence-corrected chi connectivity index (χ2v) is 18.2. The Morgan fingerprint density at radius 1 is 0.267 bits per heavy atom.